The summed E-state index contributed by atoms with van der Waals surface area (Å²) in [6.07, 6.45) is 1.52. The Morgan fingerprint density at radius 1 is 0.944 bits per heavy atom. The van der Waals surface area contributed by atoms with E-state index in [9.17, 15) is 9.59 Å². The summed E-state index contributed by atoms with van der Waals surface area (Å²) in [5.74, 6) is 1.41. The number of methoxy groups -OCH3 is 1. The van der Waals surface area contributed by atoms with Crippen LogP contribution in [0.15, 0.2) is 76.7 Å². The Morgan fingerprint density at radius 2 is 1.69 bits per heavy atom. The van der Waals surface area contributed by atoms with Crippen molar-refractivity contribution in [3.8, 4) is 17.2 Å². The highest BCUT2D eigenvalue weighted by atomic mass is 32.2. The van der Waals surface area contributed by atoms with E-state index in [4.69, 9.17) is 14.2 Å². The van der Waals surface area contributed by atoms with Crippen LogP contribution in [-0.4, -0.2) is 44.1 Å². The van der Waals surface area contributed by atoms with Crippen LogP contribution in [0.4, 0.5) is 5.69 Å². The van der Waals surface area contributed by atoms with Crippen molar-refractivity contribution >= 4 is 35.5 Å². The topological polar surface area (TPSA) is 98.2 Å². The van der Waals surface area contributed by atoms with Gasteiger partial charge in [-0.2, -0.15) is 5.10 Å². The van der Waals surface area contributed by atoms with Gasteiger partial charge < -0.3 is 19.5 Å². The van der Waals surface area contributed by atoms with Crippen molar-refractivity contribution in [2.24, 2.45) is 5.10 Å². The van der Waals surface area contributed by atoms with Gasteiger partial charge in [0, 0.05) is 10.6 Å². The number of benzene rings is 3. The number of hydrazone groups is 1. The van der Waals surface area contributed by atoms with Gasteiger partial charge >= 0.3 is 0 Å². The molecular weight excluding hydrogens is 478 g/mol. The van der Waals surface area contributed by atoms with Gasteiger partial charge in [0.1, 0.15) is 5.75 Å². The number of ether oxygens (including phenoxy) is 3. The fourth-order valence-corrected chi connectivity index (χ4v) is 3.69. The third-order valence-corrected chi connectivity index (χ3v) is 5.81. The second-order valence-electron chi connectivity index (χ2n) is 7.60. The Morgan fingerprint density at radius 3 is 2.39 bits per heavy atom. The number of nitrogens with zero attached hydrogens (tertiary/aromatic N) is 1. The van der Waals surface area contributed by atoms with E-state index in [0.717, 1.165) is 16.2 Å². The zero-order chi connectivity index (χ0) is 25.8. The van der Waals surface area contributed by atoms with Crippen molar-refractivity contribution in [1.29, 1.82) is 0 Å². The molecule has 0 bridgehead atoms. The maximum Gasteiger partial charge on any atom is 0.262 e. The van der Waals surface area contributed by atoms with E-state index in [-0.39, 0.29) is 24.2 Å². The van der Waals surface area contributed by atoms with Crippen LogP contribution in [-0.2, 0) is 9.59 Å². The Bertz CT molecular complexity index is 1180. The molecule has 36 heavy (non-hydrogen) atoms. The second kappa shape index (κ2) is 13.8. The summed E-state index contributed by atoms with van der Waals surface area (Å²) in [6, 6.07) is 20.2. The van der Waals surface area contributed by atoms with Gasteiger partial charge in [0.05, 0.1) is 25.7 Å². The van der Waals surface area contributed by atoms with Crippen LogP contribution in [0.5, 0.6) is 17.2 Å². The molecule has 3 rings (SSSR count). The summed E-state index contributed by atoms with van der Waals surface area (Å²) in [7, 11) is 1.61. The normalized spacial score (nSPS) is 10.6. The van der Waals surface area contributed by atoms with E-state index >= 15 is 0 Å². The van der Waals surface area contributed by atoms with Crippen LogP contribution in [0.3, 0.4) is 0 Å². The molecule has 0 aliphatic rings. The minimum Gasteiger partial charge on any atom is -0.497 e. The van der Waals surface area contributed by atoms with E-state index in [1.165, 1.54) is 18.0 Å². The Balaban J connectivity index is 1.50. The van der Waals surface area contributed by atoms with Crippen molar-refractivity contribution < 1.29 is 23.8 Å². The molecule has 0 unspecified atom stereocenters. The third-order valence-electron chi connectivity index (χ3n) is 4.79. The predicted molar refractivity (Wildman–Crippen MR) is 142 cm³/mol. The molecule has 0 radical (unpaired) electrons. The second-order valence-corrected chi connectivity index (χ2v) is 8.65. The van der Waals surface area contributed by atoms with Gasteiger partial charge in [-0.05, 0) is 74.0 Å². The van der Waals surface area contributed by atoms with Gasteiger partial charge in [0.15, 0.2) is 18.1 Å². The molecule has 8 nitrogen and oxygen atoms in total. The average Bonchev–Trinajstić information content (AvgIpc) is 2.89. The van der Waals surface area contributed by atoms with Gasteiger partial charge in [-0.3, -0.25) is 9.59 Å². The zero-order valence-electron chi connectivity index (χ0n) is 20.4. The first-order chi connectivity index (χ1) is 17.5. The highest BCUT2D eigenvalue weighted by Gasteiger charge is 2.10. The number of carbonyl (C=O) groups is 2. The van der Waals surface area contributed by atoms with Gasteiger partial charge in [-0.25, -0.2) is 5.43 Å². The number of aryl methyl sites for hydroxylation is 1. The molecule has 3 aromatic carbocycles. The molecule has 9 heteroatoms. The van der Waals surface area contributed by atoms with Crippen molar-refractivity contribution in [3.63, 3.8) is 0 Å². The van der Waals surface area contributed by atoms with Gasteiger partial charge in [0.2, 0.25) is 5.91 Å². The van der Waals surface area contributed by atoms with Crippen LogP contribution in [0, 0.1) is 6.92 Å². The fraction of sp³-hybridized carbons (Fsp3) is 0.222. The van der Waals surface area contributed by atoms with E-state index in [1.54, 1.807) is 25.3 Å². The number of anilines is 1. The maximum atomic E-state index is 12.2. The Hall–Kier alpha value is -3.98. The maximum absolute atomic E-state index is 12.2. The van der Waals surface area contributed by atoms with Crippen molar-refractivity contribution in [3.05, 3.63) is 77.9 Å². The molecule has 0 atom stereocenters. The largest absolute Gasteiger partial charge is 0.497 e. The first kappa shape index (κ1) is 26.6. The number of thioether (sulfide) groups is 1. The number of nitrogens with one attached hydrogen (secondary N) is 2. The molecule has 0 aliphatic heterocycles. The number of hydrogen-bond acceptors (Lipinski definition) is 7. The van der Waals surface area contributed by atoms with Crippen LogP contribution in [0.2, 0.25) is 0 Å². The molecule has 188 valence electrons. The molecule has 2 amide bonds. The standard InChI is InChI=1S/C27H29N3O5S/c1-4-34-25-15-20(16-28-30-27(32)18-36-23-12-10-22(33-3)11-13-23)7-14-24(25)35-17-26(31)29-21-8-5-19(2)6-9-21/h5-16H,4,17-18H2,1-3H3,(H,29,31)(H,30,32)/b28-16+. The third kappa shape index (κ3) is 8.66. The lowest BCUT2D eigenvalue weighted by molar-refractivity contribution is -0.119. The van der Waals surface area contributed by atoms with Crippen molar-refractivity contribution in [1.82, 2.24) is 5.43 Å². The Labute approximate surface area is 215 Å². The molecule has 0 heterocycles. The fourth-order valence-electron chi connectivity index (χ4n) is 3.00. The van der Waals surface area contributed by atoms with Crippen LogP contribution >= 0.6 is 11.8 Å². The molecule has 2 N–H and O–H groups in total. The highest BCUT2D eigenvalue weighted by Crippen LogP contribution is 2.28. The summed E-state index contributed by atoms with van der Waals surface area (Å²) < 4.78 is 16.5. The summed E-state index contributed by atoms with van der Waals surface area (Å²) >= 11 is 1.40. The van der Waals surface area contributed by atoms with Crippen molar-refractivity contribution in [2.45, 2.75) is 18.7 Å². The molecule has 0 saturated heterocycles. The summed E-state index contributed by atoms with van der Waals surface area (Å²) in [5.41, 5.74) is 5.04. The van der Waals surface area contributed by atoms with Crippen LogP contribution in [0.25, 0.3) is 0 Å². The summed E-state index contributed by atoms with van der Waals surface area (Å²) in [5, 5.41) is 6.81. The van der Waals surface area contributed by atoms with E-state index in [2.05, 4.69) is 15.8 Å². The number of carbonyl (C=O) groups excluding carboxylic acids is 2. The summed E-state index contributed by atoms with van der Waals surface area (Å²) in [4.78, 5) is 25.3. The van der Waals surface area contributed by atoms with Gasteiger partial charge in [0.25, 0.3) is 5.91 Å². The minimum atomic E-state index is -0.276. The average molecular weight is 508 g/mol. The predicted octanol–water partition coefficient (Wildman–Crippen LogP) is 4.66. The number of hydrogen-bond donors (Lipinski definition) is 2. The number of rotatable bonds is 12. The first-order valence-corrected chi connectivity index (χ1v) is 12.3. The quantitative estimate of drug-likeness (QED) is 0.210. The zero-order valence-corrected chi connectivity index (χ0v) is 21.3. The van der Waals surface area contributed by atoms with E-state index < -0.39 is 0 Å². The van der Waals surface area contributed by atoms with E-state index in [0.29, 0.717) is 29.4 Å². The smallest absolute Gasteiger partial charge is 0.262 e. The molecule has 0 fully saturated rings. The highest BCUT2D eigenvalue weighted by molar-refractivity contribution is 8.00. The molecule has 0 aliphatic carbocycles. The summed E-state index contributed by atoms with van der Waals surface area (Å²) in [6.45, 7) is 4.10. The lowest BCUT2D eigenvalue weighted by Gasteiger charge is -2.12. The van der Waals surface area contributed by atoms with Gasteiger partial charge in [-0.1, -0.05) is 17.7 Å². The lowest BCUT2D eigenvalue weighted by atomic mass is 10.2. The van der Waals surface area contributed by atoms with E-state index in [1.807, 2.05) is 62.4 Å². The lowest BCUT2D eigenvalue weighted by Crippen LogP contribution is -2.20. The Kier molecular flexibility index (Phi) is 10.2. The first-order valence-electron chi connectivity index (χ1n) is 11.3. The monoisotopic (exact) mass is 507 g/mol. The van der Waals surface area contributed by atoms with Crippen LogP contribution < -0.4 is 25.0 Å². The van der Waals surface area contributed by atoms with Crippen molar-refractivity contribution in [2.75, 3.05) is 31.4 Å². The number of amides is 2. The molecule has 0 spiro atoms. The van der Waals surface area contributed by atoms with Crippen LogP contribution in [0.1, 0.15) is 18.1 Å². The minimum absolute atomic E-state index is 0.163. The molecule has 3 aromatic rings. The molecular formula is C27H29N3O5S. The molecule has 0 saturated carbocycles. The molecule has 0 aromatic heterocycles. The SMILES string of the molecule is CCOc1cc(/C=N/NC(=O)CSc2ccc(OC)cc2)ccc1OCC(=O)Nc1ccc(C)cc1. The van der Waals surface area contributed by atoms with Gasteiger partial charge in [-0.15, -0.1) is 11.8 Å².